The summed E-state index contributed by atoms with van der Waals surface area (Å²) in [6.45, 7) is 5.19. The Morgan fingerprint density at radius 2 is 2.06 bits per heavy atom. The van der Waals surface area contributed by atoms with Crippen LogP contribution in [0.4, 0.5) is 0 Å². The molecule has 5 heteroatoms. The SMILES string of the molecule is NC[N+]1(CCNCCCCCC=O)CC(O)C1. The van der Waals surface area contributed by atoms with E-state index in [-0.39, 0.29) is 6.10 Å². The second-order valence-corrected chi connectivity index (χ2v) is 5.03. The van der Waals surface area contributed by atoms with Crippen molar-refractivity contribution >= 4 is 6.29 Å². The summed E-state index contributed by atoms with van der Waals surface area (Å²) in [6, 6.07) is 0. The molecule has 100 valence electrons. The van der Waals surface area contributed by atoms with Crippen molar-refractivity contribution in [1.82, 2.24) is 5.32 Å². The average Bonchev–Trinajstić information content (AvgIpc) is 2.29. The highest BCUT2D eigenvalue weighted by atomic mass is 16.3. The zero-order chi connectivity index (χ0) is 12.6. The molecule has 0 aromatic rings. The Labute approximate surface area is 104 Å². The largest absolute Gasteiger partial charge is 0.382 e. The standard InChI is InChI=1S/C12H26N3O2/c13-11-15(9-12(17)10-15)7-6-14-5-3-1-2-4-8-16/h8,12,14,17H,1-7,9-11,13H2/q+1. The van der Waals surface area contributed by atoms with Gasteiger partial charge >= 0.3 is 0 Å². The van der Waals surface area contributed by atoms with Crippen LogP contribution in [0.5, 0.6) is 0 Å². The summed E-state index contributed by atoms with van der Waals surface area (Å²) in [5, 5.41) is 12.7. The van der Waals surface area contributed by atoms with Gasteiger partial charge in [-0.2, -0.15) is 0 Å². The van der Waals surface area contributed by atoms with Crippen molar-refractivity contribution in [1.29, 1.82) is 0 Å². The third kappa shape index (κ3) is 5.12. The fraction of sp³-hybridized carbons (Fsp3) is 0.917. The number of nitrogens with zero attached hydrogens (tertiary/aromatic N) is 1. The van der Waals surface area contributed by atoms with Crippen molar-refractivity contribution in [2.75, 3.05) is 39.4 Å². The van der Waals surface area contributed by atoms with Gasteiger partial charge in [0.05, 0.1) is 6.54 Å². The summed E-state index contributed by atoms with van der Waals surface area (Å²) in [4.78, 5) is 10.1. The molecule has 0 aromatic carbocycles. The first-order valence-electron chi connectivity index (χ1n) is 6.60. The normalized spacial score (nSPS) is 27.8. The van der Waals surface area contributed by atoms with Crippen molar-refractivity contribution in [3.8, 4) is 0 Å². The maximum Gasteiger partial charge on any atom is 0.152 e. The lowest BCUT2D eigenvalue weighted by atomic mass is 10.1. The molecule has 0 aliphatic carbocycles. The first kappa shape index (κ1) is 14.6. The number of likely N-dealkylation sites (tertiary alicyclic amines) is 1. The zero-order valence-corrected chi connectivity index (χ0v) is 10.6. The molecule has 1 saturated heterocycles. The lowest BCUT2D eigenvalue weighted by Crippen LogP contribution is -2.69. The van der Waals surface area contributed by atoms with Gasteiger partial charge in [-0.05, 0) is 19.4 Å². The van der Waals surface area contributed by atoms with Crippen molar-refractivity contribution in [2.24, 2.45) is 5.73 Å². The van der Waals surface area contributed by atoms with Gasteiger partial charge in [0.25, 0.3) is 0 Å². The van der Waals surface area contributed by atoms with Crippen molar-refractivity contribution in [3.05, 3.63) is 0 Å². The topological polar surface area (TPSA) is 75.3 Å². The lowest BCUT2D eigenvalue weighted by Gasteiger charge is -2.47. The minimum absolute atomic E-state index is 0.151. The summed E-state index contributed by atoms with van der Waals surface area (Å²) >= 11 is 0. The Balaban J connectivity index is 1.91. The number of nitrogens with two attached hydrogens (primary N) is 1. The van der Waals surface area contributed by atoms with E-state index in [4.69, 9.17) is 5.73 Å². The Kier molecular flexibility index (Phi) is 6.65. The highest BCUT2D eigenvalue weighted by molar-refractivity contribution is 5.48. The summed E-state index contributed by atoms with van der Waals surface area (Å²) in [5.74, 6) is 0. The molecule has 1 heterocycles. The minimum atomic E-state index is -0.151. The van der Waals surface area contributed by atoms with E-state index in [0.29, 0.717) is 13.1 Å². The predicted molar refractivity (Wildman–Crippen MR) is 67.3 cm³/mol. The number of aliphatic hydroxyl groups excluding tert-OH is 1. The van der Waals surface area contributed by atoms with Crippen LogP contribution >= 0.6 is 0 Å². The lowest BCUT2D eigenvalue weighted by molar-refractivity contribution is -0.971. The highest BCUT2D eigenvalue weighted by Gasteiger charge is 2.41. The van der Waals surface area contributed by atoms with E-state index in [1.807, 2.05) is 0 Å². The molecule has 0 amide bonds. The number of aliphatic hydroxyl groups is 1. The molecule has 1 aliphatic heterocycles. The first-order valence-corrected chi connectivity index (χ1v) is 6.60. The van der Waals surface area contributed by atoms with Gasteiger partial charge in [0, 0.05) is 13.0 Å². The number of nitrogens with one attached hydrogen (secondary N) is 1. The molecule has 1 aliphatic rings. The first-order chi connectivity index (χ1) is 8.22. The van der Waals surface area contributed by atoms with Crippen LogP contribution in [0.25, 0.3) is 0 Å². The van der Waals surface area contributed by atoms with Gasteiger partial charge in [-0.1, -0.05) is 6.42 Å². The van der Waals surface area contributed by atoms with E-state index >= 15 is 0 Å². The monoisotopic (exact) mass is 244 g/mol. The quantitative estimate of drug-likeness (QED) is 0.274. The van der Waals surface area contributed by atoms with E-state index in [2.05, 4.69) is 5.32 Å². The molecular formula is C12H26N3O2+. The second-order valence-electron chi connectivity index (χ2n) is 5.03. The van der Waals surface area contributed by atoms with Crippen LogP contribution in [-0.2, 0) is 4.79 Å². The Bertz CT molecular complexity index is 218. The van der Waals surface area contributed by atoms with Gasteiger partial charge < -0.3 is 19.7 Å². The highest BCUT2D eigenvalue weighted by Crippen LogP contribution is 2.17. The number of quaternary nitrogens is 1. The zero-order valence-electron chi connectivity index (χ0n) is 10.6. The van der Waals surface area contributed by atoms with Crippen LogP contribution in [0.2, 0.25) is 0 Å². The number of hydrogen-bond donors (Lipinski definition) is 3. The maximum atomic E-state index is 10.1. The second kappa shape index (κ2) is 7.76. The average molecular weight is 244 g/mol. The van der Waals surface area contributed by atoms with Gasteiger partial charge in [0.1, 0.15) is 26.0 Å². The van der Waals surface area contributed by atoms with E-state index in [1.165, 1.54) is 0 Å². The number of hydrogen-bond acceptors (Lipinski definition) is 4. The van der Waals surface area contributed by atoms with E-state index in [1.54, 1.807) is 0 Å². The van der Waals surface area contributed by atoms with E-state index < -0.39 is 0 Å². The van der Waals surface area contributed by atoms with Crippen LogP contribution in [-0.4, -0.2) is 61.4 Å². The van der Waals surface area contributed by atoms with Crippen LogP contribution in [0.3, 0.4) is 0 Å². The van der Waals surface area contributed by atoms with Gasteiger partial charge in [0.15, 0.2) is 6.10 Å². The number of aldehydes is 1. The molecule has 0 bridgehead atoms. The van der Waals surface area contributed by atoms with Gasteiger partial charge in [-0.15, -0.1) is 0 Å². The fourth-order valence-corrected chi connectivity index (χ4v) is 2.36. The third-order valence-electron chi connectivity index (χ3n) is 3.52. The Morgan fingerprint density at radius 1 is 1.29 bits per heavy atom. The Morgan fingerprint density at radius 3 is 2.65 bits per heavy atom. The molecule has 0 atom stereocenters. The number of carbonyl (C=O) groups is 1. The number of rotatable bonds is 10. The van der Waals surface area contributed by atoms with Gasteiger partial charge in [-0.25, -0.2) is 0 Å². The Hall–Kier alpha value is -0.490. The van der Waals surface area contributed by atoms with Crippen LogP contribution in [0.1, 0.15) is 25.7 Å². The molecule has 0 radical (unpaired) electrons. The van der Waals surface area contributed by atoms with E-state index in [0.717, 1.165) is 62.8 Å². The molecule has 4 N–H and O–H groups in total. The number of carbonyl (C=O) groups excluding carboxylic acids is 1. The molecule has 17 heavy (non-hydrogen) atoms. The van der Waals surface area contributed by atoms with Crippen molar-refractivity contribution in [3.63, 3.8) is 0 Å². The smallest absolute Gasteiger partial charge is 0.152 e. The molecule has 0 spiro atoms. The van der Waals surface area contributed by atoms with Gasteiger partial charge in [0.2, 0.25) is 0 Å². The van der Waals surface area contributed by atoms with E-state index in [9.17, 15) is 9.90 Å². The van der Waals surface area contributed by atoms with Crippen LogP contribution < -0.4 is 11.1 Å². The van der Waals surface area contributed by atoms with Crippen molar-refractivity contribution in [2.45, 2.75) is 31.8 Å². The summed E-state index contributed by atoms with van der Waals surface area (Å²) in [5.41, 5.74) is 5.73. The fourth-order valence-electron chi connectivity index (χ4n) is 2.36. The number of unbranched alkanes of at least 4 members (excludes halogenated alkanes) is 3. The molecule has 1 fully saturated rings. The molecule has 0 saturated carbocycles. The van der Waals surface area contributed by atoms with Crippen LogP contribution in [0.15, 0.2) is 0 Å². The molecular weight excluding hydrogens is 218 g/mol. The van der Waals surface area contributed by atoms with Crippen molar-refractivity contribution < 1.29 is 14.4 Å². The third-order valence-corrected chi connectivity index (χ3v) is 3.52. The summed E-state index contributed by atoms with van der Waals surface area (Å²) < 4.78 is 0.847. The molecule has 0 aromatic heterocycles. The summed E-state index contributed by atoms with van der Waals surface area (Å²) in [7, 11) is 0. The van der Waals surface area contributed by atoms with Gasteiger partial charge in [-0.3, -0.25) is 5.73 Å². The molecule has 5 nitrogen and oxygen atoms in total. The van der Waals surface area contributed by atoms with Crippen LogP contribution in [0, 0.1) is 0 Å². The maximum absolute atomic E-state index is 10.1. The summed E-state index contributed by atoms with van der Waals surface area (Å²) in [6.07, 6.45) is 4.76. The minimum Gasteiger partial charge on any atom is -0.382 e. The molecule has 0 unspecified atom stereocenters. The predicted octanol–water partition coefficient (Wildman–Crippen LogP) is -0.557. The molecule has 1 rings (SSSR count).